The predicted molar refractivity (Wildman–Crippen MR) is 96.4 cm³/mol. The fraction of sp³-hybridized carbons (Fsp3) is 0.579. The molecule has 3 aliphatic rings. The molecule has 2 saturated heterocycles. The molecule has 0 bridgehead atoms. The van der Waals surface area contributed by atoms with E-state index in [9.17, 15) is 9.59 Å². The van der Waals surface area contributed by atoms with Gasteiger partial charge >= 0.3 is 0 Å². The van der Waals surface area contributed by atoms with Crippen molar-refractivity contribution in [1.82, 2.24) is 15.1 Å². The molecular formula is C19H25N3O5. The van der Waals surface area contributed by atoms with Crippen molar-refractivity contribution in [3.8, 4) is 11.5 Å². The van der Waals surface area contributed by atoms with E-state index in [-0.39, 0.29) is 18.6 Å². The molecule has 1 aromatic carbocycles. The van der Waals surface area contributed by atoms with Crippen LogP contribution >= 0.6 is 0 Å². The van der Waals surface area contributed by atoms with E-state index >= 15 is 0 Å². The quantitative estimate of drug-likeness (QED) is 0.773. The van der Waals surface area contributed by atoms with Crippen molar-refractivity contribution in [1.29, 1.82) is 0 Å². The van der Waals surface area contributed by atoms with Crippen molar-refractivity contribution in [2.75, 3.05) is 46.2 Å². The number of nitrogens with zero attached hydrogens (tertiary/aromatic N) is 2. The van der Waals surface area contributed by atoms with Gasteiger partial charge in [-0.3, -0.25) is 14.5 Å². The molecule has 146 valence electrons. The van der Waals surface area contributed by atoms with Gasteiger partial charge < -0.3 is 24.4 Å². The number of amides is 2. The summed E-state index contributed by atoms with van der Waals surface area (Å²) < 4.78 is 16.0. The van der Waals surface area contributed by atoms with Crippen molar-refractivity contribution in [2.24, 2.45) is 0 Å². The van der Waals surface area contributed by atoms with E-state index in [0.717, 1.165) is 38.4 Å². The van der Waals surface area contributed by atoms with E-state index in [0.29, 0.717) is 37.4 Å². The average Bonchev–Trinajstić information content (AvgIpc) is 3.29. The van der Waals surface area contributed by atoms with Crippen LogP contribution in [0.4, 0.5) is 0 Å². The number of carbonyl (C=O) groups excluding carboxylic acids is 2. The Bertz CT molecular complexity index is 705. The van der Waals surface area contributed by atoms with Crippen LogP contribution in [-0.2, 0) is 20.9 Å². The smallest absolute Gasteiger partial charge is 0.242 e. The molecule has 27 heavy (non-hydrogen) atoms. The number of ether oxygens (including phenoxy) is 3. The van der Waals surface area contributed by atoms with E-state index in [1.807, 2.05) is 18.2 Å². The van der Waals surface area contributed by atoms with Gasteiger partial charge in [0.25, 0.3) is 0 Å². The normalized spacial score (nSPS) is 22.3. The van der Waals surface area contributed by atoms with Gasteiger partial charge in [-0.15, -0.1) is 0 Å². The zero-order valence-electron chi connectivity index (χ0n) is 15.3. The fourth-order valence-electron chi connectivity index (χ4n) is 3.72. The van der Waals surface area contributed by atoms with Gasteiger partial charge in [0.15, 0.2) is 11.5 Å². The zero-order valence-corrected chi connectivity index (χ0v) is 15.3. The molecule has 8 nitrogen and oxygen atoms in total. The minimum atomic E-state index is -0.410. The molecule has 1 unspecified atom stereocenters. The van der Waals surface area contributed by atoms with E-state index in [1.54, 1.807) is 4.90 Å². The summed E-state index contributed by atoms with van der Waals surface area (Å²) in [6.45, 7) is 5.29. The zero-order chi connectivity index (χ0) is 18.6. The second kappa shape index (κ2) is 8.14. The monoisotopic (exact) mass is 375 g/mol. The molecule has 1 atom stereocenters. The highest BCUT2D eigenvalue weighted by Gasteiger charge is 2.36. The number of nitrogens with one attached hydrogen (secondary N) is 1. The molecule has 0 radical (unpaired) electrons. The lowest BCUT2D eigenvalue weighted by molar-refractivity contribution is -0.135. The summed E-state index contributed by atoms with van der Waals surface area (Å²) in [7, 11) is 0. The Morgan fingerprint density at radius 2 is 2.00 bits per heavy atom. The van der Waals surface area contributed by atoms with Crippen LogP contribution in [0.15, 0.2) is 18.2 Å². The highest BCUT2D eigenvalue weighted by atomic mass is 16.7. The summed E-state index contributed by atoms with van der Waals surface area (Å²) in [6, 6.07) is 5.22. The van der Waals surface area contributed by atoms with Gasteiger partial charge in [0, 0.05) is 39.1 Å². The minimum Gasteiger partial charge on any atom is -0.454 e. The first-order chi connectivity index (χ1) is 13.2. The standard InChI is InChI=1S/C19H25N3O5/c23-18-4-2-15(19(24)20-5-6-21-7-9-25-10-8-21)22(18)12-14-1-3-16-17(11-14)27-13-26-16/h1,3,11,15H,2,4-10,12-13H2,(H,20,24). The Balaban J connectivity index is 1.32. The van der Waals surface area contributed by atoms with Crippen LogP contribution in [0.3, 0.4) is 0 Å². The molecule has 8 heteroatoms. The molecule has 0 spiro atoms. The number of likely N-dealkylation sites (tertiary alicyclic amines) is 1. The summed E-state index contributed by atoms with van der Waals surface area (Å²) in [6.07, 6.45) is 0.971. The Morgan fingerprint density at radius 3 is 2.85 bits per heavy atom. The summed E-state index contributed by atoms with van der Waals surface area (Å²) in [5.74, 6) is 1.34. The Labute approximate surface area is 158 Å². The number of hydrogen-bond acceptors (Lipinski definition) is 6. The number of hydrogen-bond donors (Lipinski definition) is 1. The predicted octanol–water partition coefficient (Wildman–Crippen LogP) is 0.355. The van der Waals surface area contributed by atoms with E-state index in [4.69, 9.17) is 14.2 Å². The van der Waals surface area contributed by atoms with Crippen molar-refractivity contribution in [3.63, 3.8) is 0 Å². The van der Waals surface area contributed by atoms with Crippen LogP contribution in [0.5, 0.6) is 11.5 Å². The first kappa shape index (κ1) is 18.1. The number of carbonyl (C=O) groups is 2. The molecule has 3 heterocycles. The molecule has 0 aromatic heterocycles. The second-order valence-corrected chi connectivity index (χ2v) is 7.01. The fourth-order valence-corrected chi connectivity index (χ4v) is 3.72. The first-order valence-corrected chi connectivity index (χ1v) is 9.46. The number of rotatable bonds is 6. The van der Waals surface area contributed by atoms with Gasteiger partial charge in [-0.05, 0) is 24.1 Å². The van der Waals surface area contributed by atoms with E-state index in [1.165, 1.54) is 0 Å². The van der Waals surface area contributed by atoms with Crippen molar-refractivity contribution in [2.45, 2.75) is 25.4 Å². The van der Waals surface area contributed by atoms with Crippen LogP contribution in [0.1, 0.15) is 18.4 Å². The second-order valence-electron chi connectivity index (χ2n) is 7.01. The maximum Gasteiger partial charge on any atom is 0.242 e. The van der Waals surface area contributed by atoms with E-state index < -0.39 is 6.04 Å². The van der Waals surface area contributed by atoms with Gasteiger partial charge in [-0.1, -0.05) is 6.07 Å². The lowest BCUT2D eigenvalue weighted by atomic mass is 10.1. The maximum atomic E-state index is 12.6. The third-order valence-electron chi connectivity index (χ3n) is 5.25. The topological polar surface area (TPSA) is 80.3 Å². The van der Waals surface area contributed by atoms with Gasteiger partial charge in [-0.2, -0.15) is 0 Å². The van der Waals surface area contributed by atoms with Gasteiger partial charge in [0.2, 0.25) is 18.6 Å². The van der Waals surface area contributed by atoms with Gasteiger partial charge in [0.05, 0.1) is 13.2 Å². The number of morpholine rings is 1. The molecule has 1 aromatic rings. The van der Waals surface area contributed by atoms with Crippen LogP contribution in [0.2, 0.25) is 0 Å². The van der Waals surface area contributed by atoms with Crippen LogP contribution in [0.25, 0.3) is 0 Å². The SMILES string of the molecule is O=C(NCCN1CCOCC1)C1CCC(=O)N1Cc1ccc2c(c1)OCO2. The van der Waals surface area contributed by atoms with Crippen LogP contribution in [-0.4, -0.2) is 73.8 Å². The van der Waals surface area contributed by atoms with Crippen molar-refractivity contribution < 1.29 is 23.8 Å². The largest absolute Gasteiger partial charge is 0.454 e. The molecule has 2 fully saturated rings. The molecule has 3 aliphatic heterocycles. The van der Waals surface area contributed by atoms with Gasteiger partial charge in [0.1, 0.15) is 6.04 Å². The third-order valence-corrected chi connectivity index (χ3v) is 5.25. The minimum absolute atomic E-state index is 0.0148. The molecule has 0 aliphatic carbocycles. The van der Waals surface area contributed by atoms with Crippen LogP contribution < -0.4 is 14.8 Å². The number of fused-ring (bicyclic) bond motifs is 1. The summed E-state index contributed by atoms with van der Waals surface area (Å²) in [5, 5.41) is 2.99. The third kappa shape index (κ3) is 4.17. The lowest BCUT2D eigenvalue weighted by Crippen LogP contribution is -2.47. The van der Waals surface area contributed by atoms with E-state index in [2.05, 4.69) is 10.2 Å². The van der Waals surface area contributed by atoms with Crippen molar-refractivity contribution in [3.05, 3.63) is 23.8 Å². The highest BCUT2D eigenvalue weighted by molar-refractivity contribution is 5.90. The summed E-state index contributed by atoms with van der Waals surface area (Å²) >= 11 is 0. The van der Waals surface area contributed by atoms with Crippen molar-refractivity contribution >= 4 is 11.8 Å². The molecule has 4 rings (SSSR count). The Kier molecular flexibility index (Phi) is 5.45. The molecular weight excluding hydrogens is 350 g/mol. The molecule has 0 saturated carbocycles. The maximum absolute atomic E-state index is 12.6. The first-order valence-electron chi connectivity index (χ1n) is 9.46. The Morgan fingerprint density at radius 1 is 1.19 bits per heavy atom. The molecule has 1 N–H and O–H groups in total. The average molecular weight is 375 g/mol. The van der Waals surface area contributed by atoms with Crippen LogP contribution in [0, 0.1) is 0 Å². The number of benzene rings is 1. The Hall–Kier alpha value is -2.32. The summed E-state index contributed by atoms with van der Waals surface area (Å²) in [4.78, 5) is 28.9. The highest BCUT2D eigenvalue weighted by Crippen LogP contribution is 2.33. The van der Waals surface area contributed by atoms with Gasteiger partial charge in [-0.25, -0.2) is 0 Å². The lowest BCUT2D eigenvalue weighted by Gasteiger charge is -2.27. The molecule has 2 amide bonds. The summed E-state index contributed by atoms with van der Waals surface area (Å²) in [5.41, 5.74) is 0.931.